The van der Waals surface area contributed by atoms with Crippen LogP contribution in [0.4, 0.5) is 5.69 Å². The fraction of sp³-hybridized carbons (Fsp3) is 0.167. The molecule has 82 valence electrons. The molecule has 1 aromatic rings. The van der Waals surface area contributed by atoms with Gasteiger partial charge in [0.25, 0.3) is 0 Å². The van der Waals surface area contributed by atoms with E-state index < -0.39 is 5.97 Å². The predicted octanol–water partition coefficient (Wildman–Crippen LogP) is 1.74. The van der Waals surface area contributed by atoms with Crippen molar-refractivity contribution in [2.45, 2.75) is 12.8 Å². The van der Waals surface area contributed by atoms with Crippen LogP contribution < -0.4 is 5.32 Å². The first-order valence-electron chi connectivity index (χ1n) is 4.70. The number of carboxylic acid groups (broad SMARTS) is 1. The van der Waals surface area contributed by atoms with Crippen molar-refractivity contribution in [3.63, 3.8) is 0 Å². The molecular weight excluding hydrogens is 206 g/mol. The lowest BCUT2D eigenvalue weighted by Gasteiger charge is -2.06. The first kappa shape index (κ1) is 11.8. The fourth-order valence-electron chi connectivity index (χ4n) is 1.18. The molecule has 0 bridgehead atoms. The number of terminal acetylenes is 1. The molecule has 4 nitrogen and oxygen atoms in total. The normalized spacial score (nSPS) is 9.19. The molecule has 0 heterocycles. The van der Waals surface area contributed by atoms with Gasteiger partial charge in [0, 0.05) is 12.8 Å². The smallest absolute Gasteiger partial charge is 0.337 e. The van der Waals surface area contributed by atoms with Crippen LogP contribution in [0.5, 0.6) is 0 Å². The van der Waals surface area contributed by atoms with E-state index in [2.05, 4.69) is 11.2 Å². The zero-order valence-electron chi connectivity index (χ0n) is 8.56. The number of hydrogen-bond acceptors (Lipinski definition) is 2. The lowest BCUT2D eigenvalue weighted by Crippen LogP contribution is -2.13. The van der Waals surface area contributed by atoms with E-state index in [1.54, 1.807) is 12.1 Å². The minimum Gasteiger partial charge on any atom is -0.478 e. The quantitative estimate of drug-likeness (QED) is 0.755. The monoisotopic (exact) mass is 217 g/mol. The number of benzene rings is 1. The molecule has 2 N–H and O–H groups in total. The molecule has 0 unspecified atom stereocenters. The minimum atomic E-state index is -1.08. The van der Waals surface area contributed by atoms with E-state index in [4.69, 9.17) is 11.5 Å². The number of carboxylic acids is 1. The molecule has 0 saturated carbocycles. The summed E-state index contributed by atoms with van der Waals surface area (Å²) >= 11 is 0. The summed E-state index contributed by atoms with van der Waals surface area (Å²) in [5, 5.41) is 11.4. The summed E-state index contributed by atoms with van der Waals surface area (Å²) in [6.07, 6.45) is 5.54. The highest BCUT2D eigenvalue weighted by Gasteiger charge is 2.10. The number of carbonyl (C=O) groups is 2. The van der Waals surface area contributed by atoms with Gasteiger partial charge in [0.2, 0.25) is 5.91 Å². The lowest BCUT2D eigenvalue weighted by molar-refractivity contribution is -0.116. The van der Waals surface area contributed by atoms with Gasteiger partial charge in [-0.25, -0.2) is 4.79 Å². The Balaban J connectivity index is 2.77. The summed E-state index contributed by atoms with van der Waals surface area (Å²) in [6.45, 7) is 0. The van der Waals surface area contributed by atoms with Gasteiger partial charge in [-0.1, -0.05) is 12.1 Å². The Morgan fingerprint density at radius 1 is 1.38 bits per heavy atom. The molecule has 0 aliphatic heterocycles. The molecule has 1 amide bonds. The highest BCUT2D eigenvalue weighted by atomic mass is 16.4. The van der Waals surface area contributed by atoms with E-state index in [-0.39, 0.29) is 23.6 Å². The van der Waals surface area contributed by atoms with Gasteiger partial charge in [-0.3, -0.25) is 4.79 Å². The van der Waals surface area contributed by atoms with Gasteiger partial charge >= 0.3 is 5.97 Å². The molecule has 4 heteroatoms. The highest BCUT2D eigenvalue weighted by Crippen LogP contribution is 2.15. The molecule has 0 aliphatic rings. The fourth-order valence-corrected chi connectivity index (χ4v) is 1.18. The van der Waals surface area contributed by atoms with Crippen LogP contribution in [0, 0.1) is 12.3 Å². The number of carbonyl (C=O) groups excluding carboxylic acids is 1. The highest BCUT2D eigenvalue weighted by molar-refractivity contribution is 6.00. The maximum atomic E-state index is 11.3. The van der Waals surface area contributed by atoms with Crippen LogP contribution in [-0.2, 0) is 4.79 Å². The van der Waals surface area contributed by atoms with Crippen molar-refractivity contribution in [2.24, 2.45) is 0 Å². The van der Waals surface area contributed by atoms with E-state index in [1.807, 2.05) is 0 Å². The lowest BCUT2D eigenvalue weighted by atomic mass is 10.1. The zero-order chi connectivity index (χ0) is 12.0. The second-order valence-corrected chi connectivity index (χ2v) is 3.10. The summed E-state index contributed by atoms with van der Waals surface area (Å²) in [5.41, 5.74) is 0.355. The number of aromatic carboxylic acids is 1. The van der Waals surface area contributed by atoms with Gasteiger partial charge < -0.3 is 10.4 Å². The summed E-state index contributed by atoms with van der Waals surface area (Å²) in [4.78, 5) is 22.2. The van der Waals surface area contributed by atoms with Gasteiger partial charge in [0.15, 0.2) is 0 Å². The number of para-hydroxylation sites is 1. The second kappa shape index (κ2) is 5.56. The van der Waals surface area contributed by atoms with E-state index in [0.717, 1.165) is 0 Å². The van der Waals surface area contributed by atoms with Crippen LogP contribution in [0.3, 0.4) is 0 Å². The van der Waals surface area contributed by atoms with Crippen LogP contribution in [0.1, 0.15) is 23.2 Å². The maximum absolute atomic E-state index is 11.3. The van der Waals surface area contributed by atoms with Gasteiger partial charge in [-0.15, -0.1) is 12.3 Å². The third-order valence-corrected chi connectivity index (χ3v) is 1.93. The number of amides is 1. The first-order chi connectivity index (χ1) is 7.65. The Labute approximate surface area is 93.3 Å². The summed E-state index contributed by atoms with van der Waals surface area (Å²) in [5.74, 6) is 0.983. The molecule has 0 aliphatic carbocycles. The zero-order valence-corrected chi connectivity index (χ0v) is 8.56. The van der Waals surface area contributed by atoms with E-state index in [1.165, 1.54) is 12.1 Å². The van der Waals surface area contributed by atoms with Crippen molar-refractivity contribution in [3.8, 4) is 12.3 Å². The Bertz CT molecular complexity index is 446. The number of anilines is 1. The van der Waals surface area contributed by atoms with E-state index >= 15 is 0 Å². The molecule has 1 aromatic carbocycles. The van der Waals surface area contributed by atoms with Gasteiger partial charge in [-0.2, -0.15) is 0 Å². The summed E-state index contributed by atoms with van der Waals surface area (Å²) < 4.78 is 0. The van der Waals surface area contributed by atoms with Crippen LogP contribution in [0.25, 0.3) is 0 Å². The van der Waals surface area contributed by atoms with Gasteiger partial charge in [-0.05, 0) is 12.1 Å². The summed E-state index contributed by atoms with van der Waals surface area (Å²) in [6, 6.07) is 6.22. The van der Waals surface area contributed by atoms with E-state index in [9.17, 15) is 9.59 Å². The Hall–Kier alpha value is -2.28. The molecule has 0 fully saturated rings. The Kier molecular flexibility index (Phi) is 4.10. The number of rotatable bonds is 4. The Morgan fingerprint density at radius 2 is 2.06 bits per heavy atom. The van der Waals surface area contributed by atoms with Crippen LogP contribution >= 0.6 is 0 Å². The Morgan fingerprint density at radius 3 is 2.69 bits per heavy atom. The minimum absolute atomic E-state index is 0.0663. The molecule has 0 aromatic heterocycles. The predicted molar refractivity (Wildman–Crippen MR) is 60.1 cm³/mol. The second-order valence-electron chi connectivity index (χ2n) is 3.10. The SMILES string of the molecule is C#CCCC(=O)Nc1ccccc1C(=O)O. The molecule has 0 radical (unpaired) electrons. The molecule has 0 saturated heterocycles. The van der Waals surface area contributed by atoms with Crippen molar-refractivity contribution in [2.75, 3.05) is 5.32 Å². The van der Waals surface area contributed by atoms with Crippen LogP contribution in [-0.4, -0.2) is 17.0 Å². The third kappa shape index (κ3) is 3.14. The van der Waals surface area contributed by atoms with Crippen molar-refractivity contribution < 1.29 is 14.7 Å². The third-order valence-electron chi connectivity index (χ3n) is 1.93. The molecule has 0 atom stereocenters. The topological polar surface area (TPSA) is 66.4 Å². The molecule has 0 spiro atoms. The van der Waals surface area contributed by atoms with E-state index in [0.29, 0.717) is 6.42 Å². The van der Waals surface area contributed by atoms with Crippen molar-refractivity contribution in [3.05, 3.63) is 29.8 Å². The van der Waals surface area contributed by atoms with Crippen LogP contribution in [0.2, 0.25) is 0 Å². The average molecular weight is 217 g/mol. The molecule has 1 rings (SSSR count). The standard InChI is InChI=1S/C12H11NO3/c1-2-3-8-11(14)13-10-7-5-4-6-9(10)12(15)16/h1,4-7H,3,8H2,(H,13,14)(H,15,16). The molecule has 16 heavy (non-hydrogen) atoms. The number of nitrogens with one attached hydrogen (secondary N) is 1. The maximum Gasteiger partial charge on any atom is 0.337 e. The van der Waals surface area contributed by atoms with Crippen LogP contribution in [0.15, 0.2) is 24.3 Å². The molecular formula is C12H11NO3. The van der Waals surface area contributed by atoms with Crippen molar-refractivity contribution >= 4 is 17.6 Å². The number of hydrogen-bond donors (Lipinski definition) is 2. The van der Waals surface area contributed by atoms with Crippen molar-refractivity contribution in [1.82, 2.24) is 0 Å². The van der Waals surface area contributed by atoms with Gasteiger partial charge in [0.1, 0.15) is 0 Å². The first-order valence-corrected chi connectivity index (χ1v) is 4.70. The largest absolute Gasteiger partial charge is 0.478 e. The average Bonchev–Trinajstić information content (AvgIpc) is 2.27. The van der Waals surface area contributed by atoms with Crippen molar-refractivity contribution in [1.29, 1.82) is 0 Å². The summed E-state index contributed by atoms with van der Waals surface area (Å²) in [7, 11) is 0. The van der Waals surface area contributed by atoms with Gasteiger partial charge in [0.05, 0.1) is 11.3 Å².